The lowest BCUT2D eigenvalue weighted by Crippen LogP contribution is -2.16. The first-order valence-corrected chi connectivity index (χ1v) is 6.88. The van der Waals surface area contributed by atoms with E-state index in [-0.39, 0.29) is 12.2 Å². The van der Waals surface area contributed by atoms with Crippen molar-refractivity contribution >= 4 is 5.97 Å². The molecule has 21 heavy (non-hydrogen) atoms. The normalized spacial score (nSPS) is 12.1. The summed E-state index contributed by atoms with van der Waals surface area (Å²) in [6, 6.07) is 7.60. The molecule has 0 saturated carbocycles. The van der Waals surface area contributed by atoms with Crippen LogP contribution in [0, 0.1) is 5.82 Å². The fourth-order valence-corrected chi connectivity index (χ4v) is 2.17. The van der Waals surface area contributed by atoms with Gasteiger partial charge in [0.15, 0.2) is 0 Å². The largest absolute Gasteiger partial charge is 0.481 e. The highest BCUT2D eigenvalue weighted by molar-refractivity contribution is 5.75. The Bertz CT molecular complexity index is 614. The van der Waals surface area contributed by atoms with Crippen LogP contribution in [-0.4, -0.2) is 21.0 Å². The van der Waals surface area contributed by atoms with E-state index in [1.165, 1.54) is 18.5 Å². The molecule has 0 fully saturated rings. The molecule has 1 unspecified atom stereocenters. The number of rotatable bonds is 6. The summed E-state index contributed by atoms with van der Waals surface area (Å²) in [5, 5.41) is 9.43. The second-order valence-electron chi connectivity index (χ2n) is 4.91. The van der Waals surface area contributed by atoms with Crippen LogP contribution in [0.15, 0.2) is 36.7 Å². The molecular weight excluding hydrogens is 271 g/mol. The zero-order valence-corrected chi connectivity index (χ0v) is 11.8. The smallest absolute Gasteiger partial charge is 0.312 e. The molecule has 0 saturated heterocycles. The SMILES string of the molecule is CCCc1cc(C(Cc2ccc(F)cc2)C(=O)O)ncn1. The maximum absolute atomic E-state index is 12.9. The Morgan fingerprint density at radius 2 is 2.00 bits per heavy atom. The Labute approximate surface area is 122 Å². The third kappa shape index (κ3) is 4.08. The quantitative estimate of drug-likeness (QED) is 0.887. The molecule has 2 aromatic rings. The maximum atomic E-state index is 12.9. The second kappa shape index (κ2) is 6.92. The van der Waals surface area contributed by atoms with Crippen molar-refractivity contribution in [3.8, 4) is 0 Å². The lowest BCUT2D eigenvalue weighted by Gasteiger charge is -2.12. The molecule has 1 aromatic carbocycles. The Morgan fingerprint density at radius 1 is 1.29 bits per heavy atom. The fraction of sp³-hybridized carbons (Fsp3) is 0.312. The van der Waals surface area contributed by atoms with Crippen LogP contribution in [-0.2, 0) is 17.6 Å². The number of aliphatic carboxylic acids is 1. The summed E-state index contributed by atoms with van der Waals surface area (Å²) in [7, 11) is 0. The van der Waals surface area contributed by atoms with Gasteiger partial charge in [0.05, 0.1) is 5.69 Å². The Kier molecular flexibility index (Phi) is 4.98. The van der Waals surface area contributed by atoms with Crippen molar-refractivity contribution in [3.63, 3.8) is 0 Å². The molecule has 1 heterocycles. The molecule has 0 aliphatic carbocycles. The first-order chi connectivity index (χ1) is 10.1. The molecule has 2 rings (SSSR count). The van der Waals surface area contributed by atoms with Crippen LogP contribution < -0.4 is 0 Å². The number of benzene rings is 1. The highest BCUT2D eigenvalue weighted by atomic mass is 19.1. The molecule has 5 heteroatoms. The first kappa shape index (κ1) is 15.1. The van der Waals surface area contributed by atoms with Crippen molar-refractivity contribution in [3.05, 3.63) is 59.4 Å². The van der Waals surface area contributed by atoms with Crippen molar-refractivity contribution in [2.75, 3.05) is 0 Å². The van der Waals surface area contributed by atoms with Gasteiger partial charge in [-0.1, -0.05) is 25.5 Å². The molecule has 1 aromatic heterocycles. The first-order valence-electron chi connectivity index (χ1n) is 6.88. The number of nitrogens with zero attached hydrogens (tertiary/aromatic N) is 2. The number of hydrogen-bond donors (Lipinski definition) is 1. The summed E-state index contributed by atoms with van der Waals surface area (Å²) < 4.78 is 12.9. The third-order valence-electron chi connectivity index (χ3n) is 3.26. The van der Waals surface area contributed by atoms with Gasteiger partial charge < -0.3 is 5.11 Å². The predicted octanol–water partition coefficient (Wildman–Crippen LogP) is 2.98. The summed E-state index contributed by atoms with van der Waals surface area (Å²) in [6.45, 7) is 2.04. The van der Waals surface area contributed by atoms with E-state index in [4.69, 9.17) is 0 Å². The molecular formula is C16H17FN2O2. The maximum Gasteiger partial charge on any atom is 0.312 e. The van der Waals surface area contributed by atoms with E-state index in [0.29, 0.717) is 5.69 Å². The van der Waals surface area contributed by atoms with E-state index in [0.717, 1.165) is 24.1 Å². The van der Waals surface area contributed by atoms with E-state index < -0.39 is 11.9 Å². The highest BCUT2D eigenvalue weighted by Gasteiger charge is 2.22. The van der Waals surface area contributed by atoms with Crippen molar-refractivity contribution in [1.29, 1.82) is 0 Å². The van der Waals surface area contributed by atoms with Crippen LogP contribution >= 0.6 is 0 Å². The highest BCUT2D eigenvalue weighted by Crippen LogP contribution is 2.20. The molecule has 0 aliphatic heterocycles. The van der Waals surface area contributed by atoms with E-state index in [1.54, 1.807) is 18.2 Å². The van der Waals surface area contributed by atoms with Crippen molar-refractivity contribution in [2.24, 2.45) is 0 Å². The van der Waals surface area contributed by atoms with Gasteiger partial charge in [-0.25, -0.2) is 14.4 Å². The van der Waals surface area contributed by atoms with Crippen LogP contribution in [0.2, 0.25) is 0 Å². The zero-order chi connectivity index (χ0) is 15.2. The molecule has 0 bridgehead atoms. The van der Waals surface area contributed by atoms with Gasteiger partial charge in [0.2, 0.25) is 0 Å². The monoisotopic (exact) mass is 288 g/mol. The van der Waals surface area contributed by atoms with Crippen LogP contribution in [0.5, 0.6) is 0 Å². The van der Waals surface area contributed by atoms with Crippen molar-refractivity contribution in [1.82, 2.24) is 9.97 Å². The molecule has 0 aliphatic rings. The summed E-state index contributed by atoms with van der Waals surface area (Å²) in [5.74, 6) is -2.03. The van der Waals surface area contributed by atoms with Crippen molar-refractivity contribution < 1.29 is 14.3 Å². The number of carbonyl (C=O) groups is 1. The van der Waals surface area contributed by atoms with Crippen LogP contribution in [0.1, 0.15) is 36.2 Å². The van der Waals surface area contributed by atoms with Crippen LogP contribution in [0.4, 0.5) is 4.39 Å². The van der Waals surface area contributed by atoms with Gasteiger partial charge >= 0.3 is 5.97 Å². The Balaban J connectivity index is 2.24. The number of carboxylic acid groups (broad SMARTS) is 1. The van der Waals surface area contributed by atoms with Gasteiger partial charge in [-0.2, -0.15) is 0 Å². The van der Waals surface area contributed by atoms with Gasteiger partial charge in [-0.05, 0) is 36.6 Å². The second-order valence-corrected chi connectivity index (χ2v) is 4.91. The minimum atomic E-state index is -0.944. The number of aromatic nitrogens is 2. The number of hydrogen-bond acceptors (Lipinski definition) is 3. The lowest BCUT2D eigenvalue weighted by molar-refractivity contribution is -0.138. The average Bonchev–Trinajstić information content (AvgIpc) is 2.47. The molecule has 110 valence electrons. The molecule has 0 amide bonds. The third-order valence-corrected chi connectivity index (χ3v) is 3.26. The predicted molar refractivity (Wildman–Crippen MR) is 76.5 cm³/mol. The molecule has 0 radical (unpaired) electrons. The molecule has 1 N–H and O–H groups in total. The minimum Gasteiger partial charge on any atom is -0.481 e. The van der Waals surface area contributed by atoms with E-state index in [9.17, 15) is 14.3 Å². The summed E-state index contributed by atoms with van der Waals surface area (Å²) in [5.41, 5.74) is 2.09. The minimum absolute atomic E-state index is 0.276. The standard InChI is InChI=1S/C16H17FN2O2/c1-2-3-13-9-15(19-10-18-13)14(16(20)21)8-11-4-6-12(17)7-5-11/h4-7,9-10,14H,2-3,8H2,1H3,(H,20,21). The van der Waals surface area contributed by atoms with Crippen LogP contribution in [0.3, 0.4) is 0 Å². The molecule has 1 atom stereocenters. The number of carboxylic acids is 1. The van der Waals surface area contributed by atoms with E-state index in [2.05, 4.69) is 9.97 Å². The number of aryl methyl sites for hydroxylation is 1. The molecule has 4 nitrogen and oxygen atoms in total. The van der Waals surface area contributed by atoms with Gasteiger partial charge in [0.25, 0.3) is 0 Å². The van der Waals surface area contributed by atoms with Gasteiger partial charge in [0, 0.05) is 5.69 Å². The Morgan fingerprint density at radius 3 is 2.62 bits per heavy atom. The molecule has 0 spiro atoms. The van der Waals surface area contributed by atoms with E-state index in [1.807, 2.05) is 6.92 Å². The van der Waals surface area contributed by atoms with Crippen LogP contribution in [0.25, 0.3) is 0 Å². The van der Waals surface area contributed by atoms with Gasteiger partial charge in [0.1, 0.15) is 18.1 Å². The summed E-state index contributed by atoms with van der Waals surface area (Å²) >= 11 is 0. The number of halogens is 1. The van der Waals surface area contributed by atoms with Crippen molar-refractivity contribution in [2.45, 2.75) is 32.1 Å². The lowest BCUT2D eigenvalue weighted by atomic mass is 9.95. The van der Waals surface area contributed by atoms with E-state index >= 15 is 0 Å². The van der Waals surface area contributed by atoms with Gasteiger partial charge in [-0.3, -0.25) is 4.79 Å². The zero-order valence-electron chi connectivity index (χ0n) is 11.8. The van der Waals surface area contributed by atoms with Gasteiger partial charge in [-0.15, -0.1) is 0 Å². The average molecular weight is 288 g/mol. The Hall–Kier alpha value is -2.30. The fourth-order valence-electron chi connectivity index (χ4n) is 2.17. The summed E-state index contributed by atoms with van der Waals surface area (Å²) in [6.07, 6.45) is 3.41. The topological polar surface area (TPSA) is 63.1 Å². The summed E-state index contributed by atoms with van der Waals surface area (Å²) in [4.78, 5) is 19.7.